The molecule has 1 aromatic heterocycles. The van der Waals surface area contributed by atoms with Gasteiger partial charge in [0.15, 0.2) is 0 Å². The van der Waals surface area contributed by atoms with Crippen molar-refractivity contribution in [3.05, 3.63) is 52.7 Å². The maximum atomic E-state index is 12.6. The zero-order valence-corrected chi connectivity index (χ0v) is 14.7. The number of amides is 2. The van der Waals surface area contributed by atoms with Crippen LogP contribution in [0.3, 0.4) is 0 Å². The van der Waals surface area contributed by atoms with E-state index >= 15 is 0 Å². The summed E-state index contributed by atoms with van der Waals surface area (Å²) in [5.74, 6) is 0.103. The molecule has 6 heteroatoms. The molecule has 5 nitrogen and oxygen atoms in total. The molecular weight excluding hydrogens is 336 g/mol. The van der Waals surface area contributed by atoms with Gasteiger partial charge in [-0.2, -0.15) is 0 Å². The van der Waals surface area contributed by atoms with Crippen LogP contribution in [0.25, 0.3) is 0 Å². The van der Waals surface area contributed by atoms with Crippen molar-refractivity contribution in [1.29, 1.82) is 0 Å². The molecule has 1 atom stereocenters. The molecule has 2 aliphatic heterocycles. The summed E-state index contributed by atoms with van der Waals surface area (Å²) in [6.45, 7) is 1.80. The molecule has 0 bridgehead atoms. The average Bonchev–Trinajstić information content (AvgIpc) is 3.28. The Balaban J connectivity index is 1.46. The Morgan fingerprint density at radius 3 is 2.76 bits per heavy atom. The number of anilines is 1. The summed E-state index contributed by atoms with van der Waals surface area (Å²) in [6.07, 6.45) is 1.20. The number of para-hydroxylation sites is 1. The van der Waals surface area contributed by atoms with Crippen molar-refractivity contribution >= 4 is 28.8 Å². The lowest BCUT2D eigenvalue weighted by Gasteiger charge is -2.40. The molecule has 4 rings (SSSR count). The normalized spacial score (nSPS) is 23.4. The fourth-order valence-corrected chi connectivity index (χ4v) is 4.23. The van der Waals surface area contributed by atoms with Crippen LogP contribution in [0.1, 0.15) is 11.3 Å². The second-order valence-electron chi connectivity index (χ2n) is 6.61. The molecule has 130 valence electrons. The number of likely N-dealkylation sites (tertiary alicyclic amines) is 1. The van der Waals surface area contributed by atoms with Crippen molar-refractivity contribution in [2.75, 3.05) is 31.1 Å². The largest absolute Gasteiger partial charge is 0.361 e. The number of carbonyl (C=O) groups excluding carboxylic acids is 2. The Morgan fingerprint density at radius 2 is 2.00 bits per heavy atom. The summed E-state index contributed by atoms with van der Waals surface area (Å²) < 4.78 is 5.92. The van der Waals surface area contributed by atoms with Crippen LogP contribution in [0.2, 0.25) is 0 Å². The predicted molar refractivity (Wildman–Crippen MR) is 96.7 cm³/mol. The van der Waals surface area contributed by atoms with Gasteiger partial charge in [0.25, 0.3) is 5.91 Å². The molecule has 3 heterocycles. The van der Waals surface area contributed by atoms with Gasteiger partial charge in [-0.15, -0.1) is 11.3 Å². The number of hydrogen-bond acceptors (Lipinski definition) is 4. The molecule has 2 aromatic rings. The minimum absolute atomic E-state index is 0.0276. The molecule has 0 N–H and O–H groups in total. The first-order valence-corrected chi connectivity index (χ1v) is 9.33. The molecule has 2 aliphatic rings. The van der Waals surface area contributed by atoms with Gasteiger partial charge in [0, 0.05) is 17.1 Å². The lowest BCUT2D eigenvalue weighted by molar-refractivity contribution is -0.139. The molecule has 2 saturated heterocycles. The second kappa shape index (κ2) is 6.61. The molecule has 2 amide bonds. The first kappa shape index (κ1) is 16.3. The molecule has 0 aliphatic carbocycles. The maximum Gasteiger partial charge on any atom is 0.253 e. The summed E-state index contributed by atoms with van der Waals surface area (Å²) in [5, 5.41) is 1.99. The zero-order valence-electron chi connectivity index (χ0n) is 13.9. The fraction of sp³-hybridized carbons (Fsp3) is 0.368. The highest BCUT2D eigenvalue weighted by atomic mass is 32.1. The highest BCUT2D eigenvalue weighted by molar-refractivity contribution is 7.10. The van der Waals surface area contributed by atoms with Gasteiger partial charge in [-0.3, -0.25) is 9.59 Å². The van der Waals surface area contributed by atoms with Crippen LogP contribution in [0.15, 0.2) is 47.8 Å². The first-order chi connectivity index (χ1) is 12.2. The third-order valence-corrected chi connectivity index (χ3v) is 5.77. The van der Waals surface area contributed by atoms with E-state index in [9.17, 15) is 9.59 Å². The fourth-order valence-electron chi connectivity index (χ4n) is 3.54. The lowest BCUT2D eigenvalue weighted by Crippen LogP contribution is -2.56. The Bertz CT molecular complexity index is 762. The summed E-state index contributed by atoms with van der Waals surface area (Å²) in [6, 6.07) is 13.6. The average molecular weight is 356 g/mol. The first-order valence-electron chi connectivity index (χ1n) is 8.45. The molecular formula is C19H20N2O3S. The standard InChI is InChI=1S/C19H20N2O3S/c22-17(11-16-7-4-10-25-16)20-9-8-19(13-20)14-21(18(23)12-24-19)15-5-2-1-3-6-15/h1-7,10H,8-9,11-14H2. The van der Waals surface area contributed by atoms with Gasteiger partial charge in [-0.1, -0.05) is 24.3 Å². The lowest BCUT2D eigenvalue weighted by atomic mass is 10.00. The van der Waals surface area contributed by atoms with Crippen LogP contribution in [0, 0.1) is 0 Å². The van der Waals surface area contributed by atoms with E-state index in [1.165, 1.54) is 0 Å². The molecule has 2 fully saturated rings. The van der Waals surface area contributed by atoms with Gasteiger partial charge in [0.2, 0.25) is 5.91 Å². The van der Waals surface area contributed by atoms with Gasteiger partial charge in [0.05, 0.1) is 19.5 Å². The van der Waals surface area contributed by atoms with Crippen molar-refractivity contribution < 1.29 is 14.3 Å². The van der Waals surface area contributed by atoms with E-state index < -0.39 is 5.60 Å². The smallest absolute Gasteiger partial charge is 0.253 e. The number of rotatable bonds is 3. The maximum absolute atomic E-state index is 12.6. The number of carbonyl (C=O) groups is 2. The topological polar surface area (TPSA) is 49.9 Å². The zero-order chi connectivity index (χ0) is 17.3. The van der Waals surface area contributed by atoms with Crippen LogP contribution in [0.5, 0.6) is 0 Å². The highest BCUT2D eigenvalue weighted by Crippen LogP contribution is 2.32. The van der Waals surface area contributed by atoms with Crippen LogP contribution in [-0.2, 0) is 20.7 Å². The molecule has 25 heavy (non-hydrogen) atoms. The van der Waals surface area contributed by atoms with Gasteiger partial charge in [0.1, 0.15) is 12.2 Å². The van der Waals surface area contributed by atoms with E-state index in [0.29, 0.717) is 26.1 Å². The van der Waals surface area contributed by atoms with Gasteiger partial charge < -0.3 is 14.5 Å². The third kappa shape index (κ3) is 3.32. The van der Waals surface area contributed by atoms with Crippen LogP contribution >= 0.6 is 11.3 Å². The Hall–Kier alpha value is -2.18. The van der Waals surface area contributed by atoms with E-state index in [-0.39, 0.29) is 18.4 Å². The van der Waals surface area contributed by atoms with Crippen LogP contribution in [-0.4, -0.2) is 48.6 Å². The minimum Gasteiger partial charge on any atom is -0.361 e. The number of morpholine rings is 1. The van der Waals surface area contributed by atoms with Gasteiger partial charge in [-0.25, -0.2) is 0 Å². The van der Waals surface area contributed by atoms with E-state index in [1.54, 1.807) is 16.2 Å². The van der Waals surface area contributed by atoms with Crippen molar-refractivity contribution in [3.8, 4) is 0 Å². The van der Waals surface area contributed by atoms with Crippen molar-refractivity contribution in [2.24, 2.45) is 0 Å². The Kier molecular flexibility index (Phi) is 4.31. The SMILES string of the molecule is O=C(Cc1cccs1)N1CCC2(C1)CN(c1ccccc1)C(=O)CO2. The van der Waals surface area contributed by atoms with Gasteiger partial charge >= 0.3 is 0 Å². The number of benzene rings is 1. The molecule has 0 saturated carbocycles. The van der Waals surface area contributed by atoms with Crippen molar-refractivity contribution in [1.82, 2.24) is 4.90 Å². The van der Waals surface area contributed by atoms with Crippen LogP contribution < -0.4 is 4.90 Å². The monoisotopic (exact) mass is 356 g/mol. The second-order valence-corrected chi connectivity index (χ2v) is 7.64. The quantitative estimate of drug-likeness (QED) is 0.848. The molecule has 1 spiro atoms. The van der Waals surface area contributed by atoms with E-state index in [0.717, 1.165) is 17.0 Å². The van der Waals surface area contributed by atoms with Gasteiger partial charge in [-0.05, 0) is 30.0 Å². The number of thiophene rings is 1. The predicted octanol–water partition coefficient (Wildman–Crippen LogP) is 2.33. The van der Waals surface area contributed by atoms with E-state index in [4.69, 9.17) is 4.74 Å². The Morgan fingerprint density at radius 1 is 1.16 bits per heavy atom. The summed E-state index contributed by atoms with van der Waals surface area (Å²) in [4.78, 5) is 29.6. The summed E-state index contributed by atoms with van der Waals surface area (Å²) in [5.41, 5.74) is 0.438. The molecule has 0 radical (unpaired) electrons. The summed E-state index contributed by atoms with van der Waals surface area (Å²) in [7, 11) is 0. The Labute approximate surface area is 150 Å². The minimum atomic E-state index is -0.450. The third-order valence-electron chi connectivity index (χ3n) is 4.89. The van der Waals surface area contributed by atoms with Crippen molar-refractivity contribution in [3.63, 3.8) is 0 Å². The molecule has 1 aromatic carbocycles. The van der Waals surface area contributed by atoms with Crippen molar-refractivity contribution in [2.45, 2.75) is 18.4 Å². The summed E-state index contributed by atoms with van der Waals surface area (Å²) >= 11 is 1.60. The highest BCUT2D eigenvalue weighted by Gasteiger charge is 2.46. The number of ether oxygens (including phenoxy) is 1. The van der Waals surface area contributed by atoms with E-state index in [1.807, 2.05) is 52.7 Å². The number of hydrogen-bond donors (Lipinski definition) is 0. The van der Waals surface area contributed by atoms with E-state index in [2.05, 4.69) is 0 Å². The van der Waals surface area contributed by atoms with Crippen LogP contribution in [0.4, 0.5) is 5.69 Å². The number of nitrogens with zero attached hydrogens (tertiary/aromatic N) is 2. The molecule has 1 unspecified atom stereocenters.